The molecule has 0 aliphatic heterocycles. The summed E-state index contributed by atoms with van der Waals surface area (Å²) in [4.78, 5) is 13.3. The molecule has 0 fully saturated rings. The zero-order valence-electron chi connectivity index (χ0n) is 7.36. The van der Waals surface area contributed by atoms with E-state index in [2.05, 4.69) is 11.6 Å². The second kappa shape index (κ2) is 2.99. The lowest BCUT2D eigenvalue weighted by atomic mass is 10.2. The highest BCUT2D eigenvalue weighted by molar-refractivity contribution is 5.93. The predicted octanol–water partition coefficient (Wildman–Crippen LogP) is 2.72. The summed E-state index contributed by atoms with van der Waals surface area (Å²) < 4.78 is 0. The standard InChI is InChI=1S/C10H8N2O2/c1-2-8-10(12(13)14)7-5-3-4-6-9(7)11-8/h2-6,11H,1H2. The molecule has 2 rings (SSSR count). The Kier molecular flexibility index (Phi) is 1.81. The monoisotopic (exact) mass is 188 g/mol. The Morgan fingerprint density at radius 1 is 1.43 bits per heavy atom. The molecule has 70 valence electrons. The van der Waals surface area contributed by atoms with Gasteiger partial charge in [-0.1, -0.05) is 18.7 Å². The second-order valence-electron chi connectivity index (χ2n) is 2.89. The first-order valence-corrected chi connectivity index (χ1v) is 4.11. The van der Waals surface area contributed by atoms with Crippen LogP contribution in [0.1, 0.15) is 5.69 Å². The summed E-state index contributed by atoms with van der Waals surface area (Å²) in [7, 11) is 0. The minimum absolute atomic E-state index is 0.0931. The Balaban J connectivity index is 2.87. The Morgan fingerprint density at radius 3 is 2.79 bits per heavy atom. The van der Waals surface area contributed by atoms with Crippen molar-refractivity contribution in [2.45, 2.75) is 0 Å². The lowest BCUT2D eigenvalue weighted by Crippen LogP contribution is -1.88. The summed E-state index contributed by atoms with van der Waals surface area (Å²) in [5.41, 5.74) is 1.31. The number of aromatic amines is 1. The molecule has 1 N–H and O–H groups in total. The molecule has 1 aromatic heterocycles. The average molecular weight is 188 g/mol. The van der Waals surface area contributed by atoms with Gasteiger partial charge < -0.3 is 4.98 Å². The molecule has 2 aromatic rings. The molecule has 4 nitrogen and oxygen atoms in total. The average Bonchev–Trinajstić information content (AvgIpc) is 2.55. The van der Waals surface area contributed by atoms with Gasteiger partial charge in [0.25, 0.3) is 0 Å². The van der Waals surface area contributed by atoms with Crippen molar-refractivity contribution in [1.82, 2.24) is 4.98 Å². The summed E-state index contributed by atoms with van der Waals surface area (Å²) in [6.07, 6.45) is 1.46. The van der Waals surface area contributed by atoms with Gasteiger partial charge in [-0.15, -0.1) is 0 Å². The van der Waals surface area contributed by atoms with Crippen molar-refractivity contribution in [3.63, 3.8) is 0 Å². The summed E-state index contributed by atoms with van der Waals surface area (Å²) >= 11 is 0. The maximum Gasteiger partial charge on any atom is 0.301 e. The summed E-state index contributed by atoms with van der Waals surface area (Å²) in [6, 6.07) is 7.12. The number of H-pyrrole nitrogens is 1. The van der Waals surface area contributed by atoms with Crippen LogP contribution in [0, 0.1) is 10.1 Å². The number of aromatic nitrogens is 1. The number of nitro groups is 1. The molecule has 0 bridgehead atoms. The van der Waals surface area contributed by atoms with Crippen LogP contribution in [0.25, 0.3) is 17.0 Å². The maximum atomic E-state index is 10.8. The van der Waals surface area contributed by atoms with Crippen LogP contribution in [0.15, 0.2) is 30.8 Å². The molecular formula is C10H8N2O2. The maximum absolute atomic E-state index is 10.8. The fraction of sp³-hybridized carbons (Fsp3) is 0. The van der Waals surface area contributed by atoms with Crippen LogP contribution in [0.5, 0.6) is 0 Å². The van der Waals surface area contributed by atoms with E-state index in [1.54, 1.807) is 18.2 Å². The number of rotatable bonds is 2. The Hall–Kier alpha value is -2.10. The van der Waals surface area contributed by atoms with Crippen LogP contribution in [-0.2, 0) is 0 Å². The lowest BCUT2D eigenvalue weighted by Gasteiger charge is -1.88. The van der Waals surface area contributed by atoms with Crippen LogP contribution >= 0.6 is 0 Å². The number of fused-ring (bicyclic) bond motifs is 1. The van der Waals surface area contributed by atoms with E-state index in [9.17, 15) is 10.1 Å². The van der Waals surface area contributed by atoms with Gasteiger partial charge in [0.1, 0.15) is 5.69 Å². The van der Waals surface area contributed by atoms with Crippen LogP contribution in [0.3, 0.4) is 0 Å². The molecule has 1 heterocycles. The van der Waals surface area contributed by atoms with E-state index in [0.717, 1.165) is 5.52 Å². The van der Waals surface area contributed by atoms with Crippen molar-refractivity contribution in [2.24, 2.45) is 0 Å². The molecule has 0 radical (unpaired) electrons. The summed E-state index contributed by atoms with van der Waals surface area (Å²) in [6.45, 7) is 3.53. The molecule has 0 amide bonds. The number of hydrogen-bond donors (Lipinski definition) is 1. The summed E-state index contributed by atoms with van der Waals surface area (Å²) in [5, 5.41) is 11.4. The van der Waals surface area contributed by atoms with Crippen LogP contribution in [-0.4, -0.2) is 9.91 Å². The van der Waals surface area contributed by atoms with Crippen molar-refractivity contribution in [3.05, 3.63) is 46.7 Å². The first kappa shape index (κ1) is 8.50. The minimum atomic E-state index is -0.393. The molecule has 0 aliphatic rings. The smallest absolute Gasteiger partial charge is 0.301 e. The van der Waals surface area contributed by atoms with E-state index in [0.29, 0.717) is 11.1 Å². The third kappa shape index (κ3) is 1.08. The first-order chi connectivity index (χ1) is 6.74. The molecule has 0 unspecified atom stereocenters. The van der Waals surface area contributed by atoms with E-state index in [1.807, 2.05) is 6.07 Å². The van der Waals surface area contributed by atoms with Gasteiger partial charge in [0.2, 0.25) is 0 Å². The Bertz CT molecular complexity index is 514. The van der Waals surface area contributed by atoms with E-state index in [4.69, 9.17) is 0 Å². The van der Waals surface area contributed by atoms with Crippen molar-refractivity contribution in [2.75, 3.05) is 0 Å². The third-order valence-electron chi connectivity index (χ3n) is 2.09. The minimum Gasteiger partial charge on any atom is -0.349 e. The fourth-order valence-electron chi connectivity index (χ4n) is 1.49. The number of nitrogens with one attached hydrogen (secondary N) is 1. The van der Waals surface area contributed by atoms with Gasteiger partial charge in [-0.05, 0) is 18.2 Å². The van der Waals surface area contributed by atoms with Gasteiger partial charge in [-0.25, -0.2) is 0 Å². The normalized spacial score (nSPS) is 10.3. The van der Waals surface area contributed by atoms with Crippen molar-refractivity contribution in [1.29, 1.82) is 0 Å². The molecule has 14 heavy (non-hydrogen) atoms. The highest BCUT2D eigenvalue weighted by Crippen LogP contribution is 2.29. The fourth-order valence-corrected chi connectivity index (χ4v) is 1.49. The van der Waals surface area contributed by atoms with Gasteiger partial charge in [0.15, 0.2) is 0 Å². The van der Waals surface area contributed by atoms with Gasteiger partial charge >= 0.3 is 5.69 Å². The van der Waals surface area contributed by atoms with E-state index < -0.39 is 4.92 Å². The molecular weight excluding hydrogens is 180 g/mol. The van der Waals surface area contributed by atoms with E-state index in [1.165, 1.54) is 6.08 Å². The van der Waals surface area contributed by atoms with Crippen LogP contribution < -0.4 is 0 Å². The molecule has 0 atom stereocenters. The predicted molar refractivity (Wildman–Crippen MR) is 55.0 cm³/mol. The molecule has 4 heteroatoms. The van der Waals surface area contributed by atoms with Crippen LogP contribution in [0.4, 0.5) is 5.69 Å². The Labute approximate surface area is 80.0 Å². The van der Waals surface area contributed by atoms with Gasteiger partial charge in [-0.2, -0.15) is 0 Å². The molecule has 0 aliphatic carbocycles. The van der Waals surface area contributed by atoms with E-state index in [-0.39, 0.29) is 5.69 Å². The summed E-state index contributed by atoms with van der Waals surface area (Å²) in [5.74, 6) is 0. The second-order valence-corrected chi connectivity index (χ2v) is 2.89. The Morgan fingerprint density at radius 2 is 2.14 bits per heavy atom. The molecule has 1 aromatic carbocycles. The zero-order chi connectivity index (χ0) is 10.1. The largest absolute Gasteiger partial charge is 0.349 e. The number of hydrogen-bond acceptors (Lipinski definition) is 2. The quantitative estimate of drug-likeness (QED) is 0.581. The zero-order valence-corrected chi connectivity index (χ0v) is 7.36. The van der Waals surface area contributed by atoms with Gasteiger partial charge in [0, 0.05) is 0 Å². The first-order valence-electron chi connectivity index (χ1n) is 4.11. The van der Waals surface area contributed by atoms with Crippen molar-refractivity contribution in [3.8, 4) is 0 Å². The third-order valence-corrected chi connectivity index (χ3v) is 2.09. The SMILES string of the molecule is C=Cc1[nH]c2ccccc2c1[N+](=O)[O-]. The highest BCUT2D eigenvalue weighted by atomic mass is 16.6. The molecule has 0 spiro atoms. The number of para-hydroxylation sites is 1. The van der Waals surface area contributed by atoms with E-state index >= 15 is 0 Å². The molecule has 0 saturated carbocycles. The highest BCUT2D eigenvalue weighted by Gasteiger charge is 2.18. The number of benzene rings is 1. The molecule has 0 saturated heterocycles. The lowest BCUT2D eigenvalue weighted by molar-refractivity contribution is -0.383. The van der Waals surface area contributed by atoms with Gasteiger partial charge in [0.05, 0.1) is 15.8 Å². The van der Waals surface area contributed by atoms with Crippen molar-refractivity contribution >= 4 is 22.7 Å². The van der Waals surface area contributed by atoms with Gasteiger partial charge in [-0.3, -0.25) is 10.1 Å². The topological polar surface area (TPSA) is 58.9 Å². The van der Waals surface area contributed by atoms with Crippen molar-refractivity contribution < 1.29 is 4.92 Å². The van der Waals surface area contributed by atoms with Crippen LogP contribution in [0.2, 0.25) is 0 Å². The number of nitrogens with zero attached hydrogens (tertiary/aromatic N) is 1.